The van der Waals surface area contributed by atoms with Gasteiger partial charge in [0, 0.05) is 12.1 Å². The first-order chi connectivity index (χ1) is 14.2. The van der Waals surface area contributed by atoms with Gasteiger partial charge in [-0.25, -0.2) is 4.98 Å². The molecule has 29 heavy (non-hydrogen) atoms. The Morgan fingerprint density at radius 2 is 2.00 bits per heavy atom. The Balaban J connectivity index is 1.43. The van der Waals surface area contributed by atoms with E-state index in [1.807, 2.05) is 53.4 Å². The molecule has 146 valence electrons. The summed E-state index contributed by atoms with van der Waals surface area (Å²) in [5.41, 5.74) is 3.91. The van der Waals surface area contributed by atoms with Crippen LogP contribution in [-0.2, 0) is 0 Å². The van der Waals surface area contributed by atoms with Crippen LogP contribution in [0.2, 0.25) is 0 Å². The minimum absolute atomic E-state index is 0.0621. The average molecular weight is 387 g/mol. The van der Waals surface area contributed by atoms with Gasteiger partial charge in [0.1, 0.15) is 17.3 Å². The Morgan fingerprint density at radius 1 is 1.17 bits per heavy atom. The molecule has 2 aromatic carbocycles. The van der Waals surface area contributed by atoms with Crippen molar-refractivity contribution in [2.24, 2.45) is 0 Å². The lowest BCUT2D eigenvalue weighted by Crippen LogP contribution is -2.31. The highest BCUT2D eigenvalue weighted by molar-refractivity contribution is 5.94. The van der Waals surface area contributed by atoms with Gasteiger partial charge in [-0.15, -0.1) is 0 Å². The number of rotatable bonds is 4. The van der Waals surface area contributed by atoms with Crippen LogP contribution >= 0.6 is 0 Å². The lowest BCUT2D eigenvalue weighted by atomic mass is 10.1. The maximum Gasteiger partial charge on any atom is 0.272 e. The number of benzene rings is 2. The number of carbonyl (C=O) groups excluding carboxylic acids is 1. The molecule has 1 amide bonds. The van der Waals surface area contributed by atoms with Crippen molar-refractivity contribution in [2.45, 2.75) is 18.9 Å². The number of carbonyl (C=O) groups is 1. The molecule has 0 bridgehead atoms. The van der Waals surface area contributed by atoms with Crippen molar-refractivity contribution in [1.29, 1.82) is 0 Å². The van der Waals surface area contributed by atoms with Gasteiger partial charge in [0.05, 0.1) is 29.9 Å². The summed E-state index contributed by atoms with van der Waals surface area (Å²) in [7, 11) is 1.62. The van der Waals surface area contributed by atoms with Gasteiger partial charge in [-0.1, -0.05) is 24.3 Å². The molecule has 1 aliphatic heterocycles. The molecule has 4 aromatic rings. The molecular formula is C22H21N5O2. The fraction of sp³-hybridized carbons (Fsp3) is 0.227. The number of amides is 1. The molecule has 2 N–H and O–H groups in total. The molecule has 7 heteroatoms. The number of likely N-dealkylation sites (tertiary alicyclic amines) is 1. The SMILES string of the molecule is COc1ccccc1-c1cc(C(=O)N2CCC[C@@H]2c2nc3ccccc3[nH]2)[nH]n1. The van der Waals surface area contributed by atoms with Crippen LogP contribution in [0.4, 0.5) is 0 Å². The molecule has 0 unspecified atom stereocenters. The number of aromatic nitrogens is 4. The van der Waals surface area contributed by atoms with E-state index in [1.54, 1.807) is 13.2 Å². The molecular weight excluding hydrogens is 366 g/mol. The molecule has 1 aliphatic rings. The molecule has 1 atom stereocenters. The molecule has 5 rings (SSSR count). The van der Waals surface area contributed by atoms with Crippen LogP contribution in [0.15, 0.2) is 54.6 Å². The van der Waals surface area contributed by atoms with Gasteiger partial charge >= 0.3 is 0 Å². The molecule has 0 spiro atoms. The summed E-state index contributed by atoms with van der Waals surface area (Å²) >= 11 is 0. The van der Waals surface area contributed by atoms with Gasteiger partial charge in [-0.3, -0.25) is 9.89 Å². The smallest absolute Gasteiger partial charge is 0.272 e. The first kappa shape index (κ1) is 17.5. The Kier molecular flexibility index (Phi) is 4.27. The zero-order valence-corrected chi connectivity index (χ0v) is 16.1. The van der Waals surface area contributed by atoms with Crippen molar-refractivity contribution in [1.82, 2.24) is 25.1 Å². The normalized spacial score (nSPS) is 16.4. The summed E-state index contributed by atoms with van der Waals surface area (Å²) in [5, 5.41) is 7.25. The van der Waals surface area contributed by atoms with Crippen molar-refractivity contribution >= 4 is 16.9 Å². The zero-order chi connectivity index (χ0) is 19.8. The van der Waals surface area contributed by atoms with Crippen LogP contribution in [0.1, 0.15) is 35.2 Å². The number of nitrogens with zero attached hydrogens (tertiary/aromatic N) is 3. The number of methoxy groups -OCH3 is 1. The Labute approximate surface area is 167 Å². The molecule has 0 radical (unpaired) electrons. The molecule has 3 heterocycles. The van der Waals surface area contributed by atoms with E-state index in [4.69, 9.17) is 9.72 Å². The largest absolute Gasteiger partial charge is 0.496 e. The summed E-state index contributed by atoms with van der Waals surface area (Å²) in [6.07, 6.45) is 1.83. The Hall–Kier alpha value is -3.61. The minimum atomic E-state index is -0.0680. The molecule has 0 saturated carbocycles. The van der Waals surface area contributed by atoms with Crippen molar-refractivity contribution in [3.63, 3.8) is 0 Å². The van der Waals surface area contributed by atoms with Gasteiger partial charge in [0.25, 0.3) is 5.91 Å². The first-order valence-corrected chi connectivity index (χ1v) is 9.69. The molecule has 7 nitrogen and oxygen atoms in total. The second-order valence-electron chi connectivity index (χ2n) is 7.16. The van der Waals surface area contributed by atoms with Gasteiger partial charge < -0.3 is 14.6 Å². The number of nitrogens with one attached hydrogen (secondary N) is 2. The van der Waals surface area contributed by atoms with Crippen LogP contribution in [-0.4, -0.2) is 44.6 Å². The number of hydrogen-bond donors (Lipinski definition) is 2. The maximum absolute atomic E-state index is 13.2. The number of hydrogen-bond acceptors (Lipinski definition) is 4. The van der Waals surface area contributed by atoms with Gasteiger partial charge in [-0.05, 0) is 43.2 Å². The Bertz CT molecular complexity index is 1150. The quantitative estimate of drug-likeness (QED) is 0.555. The summed E-state index contributed by atoms with van der Waals surface area (Å²) in [6, 6.07) is 17.3. The van der Waals surface area contributed by atoms with E-state index in [0.717, 1.165) is 41.0 Å². The first-order valence-electron chi connectivity index (χ1n) is 9.69. The van der Waals surface area contributed by atoms with Crippen molar-refractivity contribution < 1.29 is 9.53 Å². The highest BCUT2D eigenvalue weighted by atomic mass is 16.5. The predicted octanol–water partition coefficient (Wildman–Crippen LogP) is 3.94. The number of H-pyrrole nitrogens is 2. The van der Waals surface area contributed by atoms with E-state index in [9.17, 15) is 4.79 Å². The second kappa shape index (κ2) is 7.09. The topological polar surface area (TPSA) is 86.9 Å². The van der Waals surface area contributed by atoms with E-state index in [-0.39, 0.29) is 11.9 Å². The molecule has 1 saturated heterocycles. The number of aromatic amines is 2. The fourth-order valence-corrected chi connectivity index (χ4v) is 4.00. The van der Waals surface area contributed by atoms with Gasteiger partial charge in [-0.2, -0.15) is 5.10 Å². The summed E-state index contributed by atoms with van der Waals surface area (Å²) in [4.78, 5) is 23.2. The summed E-state index contributed by atoms with van der Waals surface area (Å²) < 4.78 is 5.41. The monoisotopic (exact) mass is 387 g/mol. The standard InChI is InChI=1S/C22H21N5O2/c1-29-20-11-5-2-7-14(20)17-13-18(26-25-17)22(28)27-12-6-10-19(27)21-23-15-8-3-4-9-16(15)24-21/h2-5,7-9,11,13,19H,6,10,12H2,1H3,(H,23,24)(H,25,26)/t19-/m1/s1. The van der Waals surface area contributed by atoms with E-state index in [0.29, 0.717) is 17.9 Å². The van der Waals surface area contributed by atoms with Crippen molar-refractivity contribution in [3.05, 3.63) is 66.1 Å². The average Bonchev–Trinajstić information content (AvgIpc) is 3.51. The summed E-state index contributed by atoms with van der Waals surface area (Å²) in [6.45, 7) is 0.698. The van der Waals surface area contributed by atoms with E-state index in [1.165, 1.54) is 0 Å². The molecule has 1 fully saturated rings. The third-order valence-corrected chi connectivity index (χ3v) is 5.43. The van der Waals surface area contributed by atoms with Crippen LogP contribution in [0.3, 0.4) is 0 Å². The number of ether oxygens (including phenoxy) is 1. The number of para-hydroxylation sites is 3. The van der Waals surface area contributed by atoms with Gasteiger partial charge in [0.15, 0.2) is 0 Å². The number of imidazole rings is 1. The van der Waals surface area contributed by atoms with E-state index >= 15 is 0 Å². The lowest BCUT2D eigenvalue weighted by molar-refractivity contribution is 0.0724. The van der Waals surface area contributed by atoms with Crippen LogP contribution in [0, 0.1) is 0 Å². The highest BCUT2D eigenvalue weighted by Crippen LogP contribution is 2.33. The highest BCUT2D eigenvalue weighted by Gasteiger charge is 2.33. The van der Waals surface area contributed by atoms with E-state index < -0.39 is 0 Å². The molecule has 2 aromatic heterocycles. The predicted molar refractivity (Wildman–Crippen MR) is 110 cm³/mol. The minimum Gasteiger partial charge on any atom is -0.496 e. The lowest BCUT2D eigenvalue weighted by Gasteiger charge is -2.22. The zero-order valence-electron chi connectivity index (χ0n) is 16.1. The number of fused-ring (bicyclic) bond motifs is 1. The molecule has 0 aliphatic carbocycles. The Morgan fingerprint density at radius 3 is 2.86 bits per heavy atom. The van der Waals surface area contributed by atoms with Crippen LogP contribution < -0.4 is 4.74 Å². The second-order valence-corrected chi connectivity index (χ2v) is 7.16. The van der Waals surface area contributed by atoms with Gasteiger partial charge in [0.2, 0.25) is 0 Å². The fourth-order valence-electron chi connectivity index (χ4n) is 4.00. The van der Waals surface area contributed by atoms with Crippen molar-refractivity contribution in [3.8, 4) is 17.0 Å². The maximum atomic E-state index is 13.2. The third-order valence-electron chi connectivity index (χ3n) is 5.43. The van der Waals surface area contributed by atoms with Crippen LogP contribution in [0.25, 0.3) is 22.3 Å². The van der Waals surface area contributed by atoms with Crippen LogP contribution in [0.5, 0.6) is 5.75 Å². The summed E-state index contributed by atoms with van der Waals surface area (Å²) in [5.74, 6) is 1.49. The van der Waals surface area contributed by atoms with E-state index in [2.05, 4.69) is 15.2 Å². The third kappa shape index (κ3) is 3.04. The van der Waals surface area contributed by atoms with Crippen molar-refractivity contribution in [2.75, 3.05) is 13.7 Å².